The molecule has 6 nitrogen and oxygen atoms in total. The number of nitrogens with one attached hydrogen (secondary N) is 1. The average Bonchev–Trinajstić information content (AvgIpc) is 3.10. The fourth-order valence-corrected chi connectivity index (χ4v) is 5.01. The average molecular weight is 397 g/mol. The Morgan fingerprint density at radius 3 is 2.68 bits per heavy atom. The van der Waals surface area contributed by atoms with Gasteiger partial charge in [-0.05, 0) is 61.8 Å². The van der Waals surface area contributed by atoms with Crippen molar-refractivity contribution in [3.63, 3.8) is 0 Å². The predicted molar refractivity (Wildman–Crippen MR) is 112 cm³/mol. The molecule has 4 rings (SSSR count). The van der Waals surface area contributed by atoms with Crippen molar-refractivity contribution in [3.8, 4) is 0 Å². The molecule has 1 aliphatic carbocycles. The summed E-state index contributed by atoms with van der Waals surface area (Å²) in [5.74, 6) is -0.244. The van der Waals surface area contributed by atoms with Crippen LogP contribution >= 0.6 is 11.3 Å². The van der Waals surface area contributed by atoms with Crippen LogP contribution in [0.15, 0.2) is 29.1 Å². The zero-order chi connectivity index (χ0) is 19.7. The number of rotatable bonds is 5. The largest absolute Gasteiger partial charge is 0.324 e. The third kappa shape index (κ3) is 3.35. The molecule has 3 aromatic rings. The summed E-state index contributed by atoms with van der Waals surface area (Å²) in [7, 11) is 0. The van der Waals surface area contributed by atoms with Crippen LogP contribution in [0, 0.1) is 0 Å². The zero-order valence-electron chi connectivity index (χ0n) is 16.2. The normalized spacial score (nSPS) is 14.6. The highest BCUT2D eigenvalue weighted by molar-refractivity contribution is 7.18. The van der Waals surface area contributed by atoms with Crippen molar-refractivity contribution in [1.82, 2.24) is 15.0 Å². The number of anilines is 1. The van der Waals surface area contributed by atoms with E-state index in [0.29, 0.717) is 16.6 Å². The molecule has 0 saturated carbocycles. The van der Waals surface area contributed by atoms with E-state index >= 15 is 0 Å². The Balaban J connectivity index is 1.67. The minimum atomic E-state index is -0.686. The van der Waals surface area contributed by atoms with Crippen LogP contribution in [0.5, 0.6) is 0 Å². The third-order valence-corrected chi connectivity index (χ3v) is 6.60. The first-order valence-corrected chi connectivity index (χ1v) is 10.7. The molecule has 1 unspecified atom stereocenters. The van der Waals surface area contributed by atoms with Gasteiger partial charge in [0.25, 0.3) is 5.56 Å². The lowest BCUT2D eigenvalue weighted by Crippen LogP contribution is -2.35. The highest BCUT2D eigenvalue weighted by Gasteiger charge is 2.26. The van der Waals surface area contributed by atoms with Crippen LogP contribution in [0.3, 0.4) is 0 Å². The second-order valence-corrected chi connectivity index (χ2v) is 8.28. The van der Waals surface area contributed by atoms with Crippen LogP contribution in [-0.2, 0) is 24.1 Å². The molecule has 1 atom stereocenters. The van der Waals surface area contributed by atoms with E-state index in [1.165, 1.54) is 15.1 Å². The van der Waals surface area contributed by atoms with E-state index in [9.17, 15) is 9.59 Å². The zero-order valence-corrected chi connectivity index (χ0v) is 17.0. The van der Waals surface area contributed by atoms with Crippen molar-refractivity contribution in [2.75, 3.05) is 5.32 Å². The van der Waals surface area contributed by atoms with Gasteiger partial charge in [0.15, 0.2) is 4.83 Å². The fourth-order valence-electron chi connectivity index (χ4n) is 3.81. The molecule has 7 heteroatoms. The maximum atomic E-state index is 13.2. The standard InChI is InChI=1S/C21H24N4O2S/c1-3-13-9-11-14(12-10-13)22-19(26)16(4-2)25-21(27)18-15-7-5-6-8-17(15)28-20(18)23-24-25/h9-12,16H,3-8H2,1-2H3,(H,22,26). The second kappa shape index (κ2) is 7.83. The maximum absolute atomic E-state index is 13.2. The van der Waals surface area contributed by atoms with Crippen LogP contribution in [0.25, 0.3) is 10.2 Å². The molecule has 0 aliphatic heterocycles. The summed E-state index contributed by atoms with van der Waals surface area (Å²) >= 11 is 1.57. The maximum Gasteiger partial charge on any atom is 0.279 e. The summed E-state index contributed by atoms with van der Waals surface area (Å²) in [4.78, 5) is 28.0. The summed E-state index contributed by atoms with van der Waals surface area (Å²) in [5, 5.41) is 12.0. The van der Waals surface area contributed by atoms with Gasteiger partial charge < -0.3 is 5.32 Å². The molecule has 0 radical (unpaired) electrons. The highest BCUT2D eigenvalue weighted by atomic mass is 32.1. The molecule has 28 heavy (non-hydrogen) atoms. The summed E-state index contributed by atoms with van der Waals surface area (Å²) in [6.45, 7) is 3.97. The van der Waals surface area contributed by atoms with E-state index in [2.05, 4.69) is 22.6 Å². The number of aryl methyl sites for hydroxylation is 3. The molecule has 0 bridgehead atoms. The topological polar surface area (TPSA) is 76.9 Å². The van der Waals surface area contributed by atoms with Crippen LogP contribution in [0.2, 0.25) is 0 Å². The molecular weight excluding hydrogens is 372 g/mol. The minimum Gasteiger partial charge on any atom is -0.324 e. The number of benzene rings is 1. The number of aromatic nitrogens is 3. The Morgan fingerprint density at radius 2 is 1.96 bits per heavy atom. The minimum absolute atomic E-state index is 0.201. The van der Waals surface area contributed by atoms with Crippen molar-refractivity contribution in [2.24, 2.45) is 0 Å². The van der Waals surface area contributed by atoms with Crippen molar-refractivity contribution in [2.45, 2.75) is 58.4 Å². The van der Waals surface area contributed by atoms with Gasteiger partial charge in [-0.3, -0.25) is 9.59 Å². The number of hydrogen-bond acceptors (Lipinski definition) is 5. The van der Waals surface area contributed by atoms with E-state index in [-0.39, 0.29) is 11.5 Å². The number of amides is 1. The van der Waals surface area contributed by atoms with Gasteiger partial charge in [0.05, 0.1) is 5.39 Å². The van der Waals surface area contributed by atoms with Crippen molar-refractivity contribution >= 4 is 33.1 Å². The van der Waals surface area contributed by atoms with Crippen molar-refractivity contribution in [1.29, 1.82) is 0 Å². The molecule has 2 heterocycles. The molecule has 1 amide bonds. The molecule has 1 aliphatic rings. The lowest BCUT2D eigenvalue weighted by molar-refractivity contribution is -0.119. The summed E-state index contributed by atoms with van der Waals surface area (Å²) in [6, 6.07) is 7.07. The number of carbonyl (C=O) groups excluding carboxylic acids is 1. The highest BCUT2D eigenvalue weighted by Crippen LogP contribution is 2.33. The van der Waals surface area contributed by atoms with E-state index in [4.69, 9.17) is 0 Å². The molecule has 1 aromatic carbocycles. The number of hydrogen-bond donors (Lipinski definition) is 1. The van der Waals surface area contributed by atoms with Gasteiger partial charge in [0.1, 0.15) is 6.04 Å². The Hall–Kier alpha value is -2.54. The van der Waals surface area contributed by atoms with E-state index in [1.807, 2.05) is 31.2 Å². The first-order valence-electron chi connectivity index (χ1n) is 9.92. The monoisotopic (exact) mass is 396 g/mol. The number of carbonyl (C=O) groups is 1. The smallest absolute Gasteiger partial charge is 0.279 e. The molecule has 0 saturated heterocycles. The lowest BCUT2D eigenvalue weighted by atomic mass is 9.97. The Morgan fingerprint density at radius 1 is 1.21 bits per heavy atom. The lowest BCUT2D eigenvalue weighted by Gasteiger charge is -2.16. The Bertz CT molecular complexity index is 1070. The number of nitrogens with zero attached hydrogens (tertiary/aromatic N) is 3. The Kier molecular flexibility index (Phi) is 5.26. The van der Waals surface area contributed by atoms with Crippen molar-refractivity contribution in [3.05, 3.63) is 50.6 Å². The van der Waals surface area contributed by atoms with Gasteiger partial charge in [-0.25, -0.2) is 0 Å². The van der Waals surface area contributed by atoms with Gasteiger partial charge in [0, 0.05) is 10.6 Å². The molecule has 0 fully saturated rings. The van der Waals surface area contributed by atoms with E-state index in [1.54, 1.807) is 11.3 Å². The molecule has 146 valence electrons. The van der Waals surface area contributed by atoms with Crippen LogP contribution in [0.1, 0.15) is 55.2 Å². The molecule has 1 N–H and O–H groups in total. The van der Waals surface area contributed by atoms with E-state index in [0.717, 1.165) is 43.4 Å². The summed E-state index contributed by atoms with van der Waals surface area (Å²) in [5.41, 5.74) is 2.84. The predicted octanol–water partition coefficient (Wildman–Crippen LogP) is 3.88. The second-order valence-electron chi connectivity index (χ2n) is 7.19. The SMILES string of the molecule is CCc1ccc(NC(=O)C(CC)n2nnc3sc4c(c3c2=O)CCCC4)cc1. The van der Waals surface area contributed by atoms with Crippen molar-refractivity contribution < 1.29 is 4.79 Å². The molecular formula is C21H24N4O2S. The third-order valence-electron chi connectivity index (χ3n) is 5.42. The first kappa shape index (κ1) is 18.8. The van der Waals surface area contributed by atoms with Gasteiger partial charge in [-0.2, -0.15) is 4.68 Å². The van der Waals surface area contributed by atoms with Gasteiger partial charge in [-0.15, -0.1) is 16.4 Å². The quantitative estimate of drug-likeness (QED) is 0.710. The van der Waals surface area contributed by atoms with Gasteiger partial charge in [0.2, 0.25) is 5.91 Å². The van der Waals surface area contributed by atoms with Crippen LogP contribution < -0.4 is 10.9 Å². The van der Waals surface area contributed by atoms with E-state index < -0.39 is 6.04 Å². The Labute approximate surface area is 167 Å². The molecule has 0 spiro atoms. The van der Waals surface area contributed by atoms with Gasteiger partial charge in [-0.1, -0.05) is 31.2 Å². The summed E-state index contributed by atoms with van der Waals surface area (Å²) < 4.78 is 1.26. The summed E-state index contributed by atoms with van der Waals surface area (Å²) in [6.07, 6.45) is 5.56. The van der Waals surface area contributed by atoms with Crippen LogP contribution in [-0.4, -0.2) is 20.9 Å². The number of fused-ring (bicyclic) bond motifs is 3. The fraction of sp³-hybridized carbons (Fsp3) is 0.429. The van der Waals surface area contributed by atoms with Crippen LogP contribution in [0.4, 0.5) is 5.69 Å². The first-order chi connectivity index (χ1) is 13.6. The van der Waals surface area contributed by atoms with Gasteiger partial charge >= 0.3 is 0 Å². The number of thiophene rings is 1. The molecule has 2 aromatic heterocycles.